The molecule has 102 heavy (non-hydrogen) atoms. The number of aliphatic hydroxyl groups is 6. The number of carboxylic acids is 1. The average molecular weight is 1470 g/mol. The molecule has 5 aromatic rings. The van der Waals surface area contributed by atoms with Crippen LogP contribution in [0, 0.1) is 5.92 Å². The molecule has 548 valence electrons. The Balaban J connectivity index is 1.25. The van der Waals surface area contributed by atoms with Gasteiger partial charge in [-0.2, -0.15) is 0 Å². The van der Waals surface area contributed by atoms with E-state index in [2.05, 4.69) is 37.2 Å². The van der Waals surface area contributed by atoms with Crippen molar-refractivity contribution >= 4 is 70.5 Å². The van der Waals surface area contributed by atoms with Crippen LogP contribution in [0.15, 0.2) is 72.8 Å². The highest BCUT2D eigenvalue weighted by atomic mass is 35.5. The minimum atomic E-state index is -2.50. The molecule has 12 rings (SSSR count). The summed E-state index contributed by atoms with van der Waals surface area (Å²) in [6.45, 7) is 5.58. The first-order valence-electron chi connectivity index (χ1n) is 31.8. The van der Waals surface area contributed by atoms with Gasteiger partial charge < -0.3 is 133 Å². The fraction of sp³-hybridized carbons (Fsp3) is 0.424. The molecule has 36 heteroatoms. The van der Waals surface area contributed by atoms with Crippen molar-refractivity contribution in [1.29, 1.82) is 0 Å². The molecule has 34 nitrogen and oxygen atoms in total. The number of aliphatic carboxylic acids is 1. The van der Waals surface area contributed by atoms with Crippen LogP contribution in [0.1, 0.15) is 105 Å². The van der Waals surface area contributed by atoms with Crippen LogP contribution in [0.4, 0.5) is 0 Å². The third kappa shape index (κ3) is 15.6. The van der Waals surface area contributed by atoms with Gasteiger partial charge in [0.15, 0.2) is 29.9 Å². The Labute approximate surface area is 589 Å². The number of fused-ring (bicyclic) bond motifs is 15. The molecule has 7 heterocycles. The van der Waals surface area contributed by atoms with Gasteiger partial charge in [0.25, 0.3) is 0 Å². The van der Waals surface area contributed by atoms with E-state index in [1.165, 1.54) is 27.0 Å². The molecule has 11 bridgehead atoms. The minimum absolute atomic E-state index is 0.108. The number of phenolic OH excluding ortho intramolecular Hbond substituents is 4. The summed E-state index contributed by atoms with van der Waals surface area (Å²) in [4.78, 5) is 117. The van der Waals surface area contributed by atoms with Crippen molar-refractivity contribution in [2.75, 3.05) is 13.7 Å². The van der Waals surface area contributed by atoms with Crippen molar-refractivity contribution in [3.05, 3.63) is 111 Å². The fourth-order valence-electron chi connectivity index (χ4n) is 12.6. The van der Waals surface area contributed by atoms with E-state index in [0.717, 1.165) is 66.7 Å². The Bertz CT molecular complexity index is 4130. The number of aliphatic hydroxyl groups excluding tert-OH is 6. The molecule has 0 saturated carbocycles. The Morgan fingerprint density at radius 2 is 1.35 bits per heavy atom. The molecule has 7 amide bonds. The summed E-state index contributed by atoms with van der Waals surface area (Å²) in [5.41, 5.74) is 7.32. The highest BCUT2D eigenvalue weighted by Crippen LogP contribution is 2.50. The number of halogens is 2. The number of primary amides is 1. The van der Waals surface area contributed by atoms with Crippen LogP contribution in [0.5, 0.6) is 51.7 Å². The van der Waals surface area contributed by atoms with E-state index in [4.69, 9.17) is 63.1 Å². The highest BCUT2D eigenvalue weighted by molar-refractivity contribution is 6.32. The maximum absolute atomic E-state index is 16.0. The van der Waals surface area contributed by atoms with E-state index in [9.17, 15) is 80.1 Å². The lowest BCUT2D eigenvalue weighted by Gasteiger charge is -2.47. The quantitative estimate of drug-likeness (QED) is 0.0726. The molecule has 0 aliphatic carbocycles. The number of carboxylic acid groups (broad SMARTS) is 1. The van der Waals surface area contributed by atoms with Crippen LogP contribution in [0.25, 0.3) is 11.1 Å². The molecule has 0 unspecified atom stereocenters. The maximum atomic E-state index is 16.0. The number of nitrogens with two attached hydrogens (primary N) is 2. The lowest BCUT2D eigenvalue weighted by atomic mass is 9.86. The Morgan fingerprint density at radius 3 is 1.99 bits per heavy atom. The van der Waals surface area contributed by atoms with Gasteiger partial charge in [0.2, 0.25) is 53.4 Å². The number of benzene rings is 5. The lowest BCUT2D eigenvalue weighted by Crippen LogP contribution is -2.64. The molecule has 0 spiro atoms. The molecule has 2 saturated heterocycles. The van der Waals surface area contributed by atoms with Gasteiger partial charge in [-0.3, -0.25) is 33.6 Å². The van der Waals surface area contributed by atoms with E-state index in [0.29, 0.717) is 0 Å². The number of likely N-dealkylation sites (N-methyl/N-ethyl adjacent to an activating group) is 1. The van der Waals surface area contributed by atoms with Crippen LogP contribution in [0.2, 0.25) is 10.0 Å². The molecule has 2 fully saturated rings. The number of phenols is 4. The third-order valence-electron chi connectivity index (χ3n) is 17.9. The Kier molecular flexibility index (Phi) is 22.3. The van der Waals surface area contributed by atoms with E-state index in [1.54, 1.807) is 0 Å². The molecule has 7 aliphatic heterocycles. The topological polar surface area (TPSA) is 551 Å². The standard InChI is InChI=1S/C66H75Cl2N9O25/c1-22(2)10-33(71-5)58(89)76-49-51(84)25-7-9-38(31(67)12-25)98-40-13-26-14-41(55(40)102-65-56(54(87)53(86)42(21-78)100-65)101-44-20-66(4,70)57(88)23(3)97-44)99-39-19-36(81)29(17-32(39)68)52(85)50-63(94)75-48(64(95)96)30-15-27(79)16-37(82)45(30)28-11-24(6-8-35(28)80)46(60(91)77-50)74-61(92)47(26)73-59(90)34(18-43(69)83)72-62(49)93/h6-9,11-17,19,22-23,33-34,42,44,46-54,56-57,65,71,78-82,84-88H,10,18,20-21,70H2,1-5H3,(H2,69,83)(H,72,93)(H,73,90)(H,74,92)(H,75,94)(H,76,89)(H,77,91)(H,95,96)/t23-,33+,34-,42+,44-,46+,47+,48-,49+,50-,51+,52+,53+,54-,56+,57+,65-,66-/m0/s1. The number of hydrogen-bond donors (Lipinski definition) is 20. The Hall–Kier alpha value is -9.40. The van der Waals surface area contributed by atoms with Gasteiger partial charge >= 0.3 is 5.97 Å². The SMILES string of the molecule is CN[C@H](CC(C)C)C(=O)N[C@H]1C(=O)N[C@@H](CC(N)=O)C(=O)N[C@H]2C(=O)N[C@H]3C(=O)N[C@H](C(=O)N[C@H](C(=O)O)c4cc(O)cc(O)c4-c4cc3ccc4O)[C@H](O)c3cc(Cl)c(cc3O)Oc3cc2cc(c3O[C@@H]2O[C@H](CO)[C@@H](O)[C@H](O)[C@H]2O[C@H]2C[C@](C)(N)[C@H](O)[C@H](C)O2)Oc2ccc(cc2Cl)[C@H]1O. The fourth-order valence-corrected chi connectivity index (χ4v) is 13.0. The first kappa shape index (κ1) is 75.3. The predicted molar refractivity (Wildman–Crippen MR) is 351 cm³/mol. The normalized spacial score (nSPS) is 29.3. The third-order valence-corrected chi connectivity index (χ3v) is 18.5. The summed E-state index contributed by atoms with van der Waals surface area (Å²) in [6.07, 6.45) is -19.2. The zero-order valence-electron chi connectivity index (χ0n) is 54.7. The van der Waals surface area contributed by atoms with Crippen LogP contribution in [-0.4, -0.2) is 196 Å². The second-order valence-corrected chi connectivity index (χ2v) is 26.7. The predicted octanol–water partition coefficient (Wildman–Crippen LogP) is -0.188. The molecule has 5 aromatic carbocycles. The summed E-state index contributed by atoms with van der Waals surface area (Å²) in [5, 5.41) is 142. The van der Waals surface area contributed by atoms with E-state index < -0.39 is 259 Å². The van der Waals surface area contributed by atoms with Gasteiger partial charge in [-0.1, -0.05) is 49.2 Å². The van der Waals surface area contributed by atoms with Crippen molar-refractivity contribution in [1.82, 2.24) is 37.2 Å². The molecular weight excluding hydrogens is 1390 g/mol. The molecule has 0 radical (unpaired) electrons. The van der Waals surface area contributed by atoms with Crippen molar-refractivity contribution in [3.8, 4) is 62.9 Å². The second-order valence-electron chi connectivity index (χ2n) is 25.9. The number of carbonyl (C=O) groups excluding carboxylic acids is 7. The van der Waals surface area contributed by atoms with Crippen molar-refractivity contribution in [2.24, 2.45) is 17.4 Å². The highest BCUT2D eigenvalue weighted by Gasteiger charge is 2.52. The monoisotopic (exact) mass is 1460 g/mol. The molecule has 7 aliphatic rings. The number of nitrogens with one attached hydrogen (secondary N) is 7. The van der Waals surface area contributed by atoms with Crippen LogP contribution >= 0.6 is 23.2 Å². The first-order chi connectivity index (χ1) is 48.1. The number of ether oxygens (including phenoxy) is 6. The van der Waals surface area contributed by atoms with Crippen molar-refractivity contribution < 1.29 is 123 Å². The van der Waals surface area contributed by atoms with Crippen LogP contribution < -0.4 is 62.9 Å². The zero-order valence-corrected chi connectivity index (χ0v) is 56.2. The van der Waals surface area contributed by atoms with Crippen molar-refractivity contribution in [2.45, 2.75) is 156 Å². The molecule has 22 N–H and O–H groups in total. The first-order valence-corrected chi connectivity index (χ1v) is 32.5. The number of rotatable bonds is 13. The van der Waals surface area contributed by atoms with E-state index >= 15 is 14.4 Å². The summed E-state index contributed by atoms with van der Waals surface area (Å²) in [6, 6.07) is -3.17. The average Bonchev–Trinajstić information content (AvgIpc) is 0.765. The van der Waals surface area contributed by atoms with Gasteiger partial charge in [-0.15, -0.1) is 0 Å². The van der Waals surface area contributed by atoms with E-state index in [1.807, 2.05) is 13.8 Å². The van der Waals surface area contributed by atoms with Crippen LogP contribution in [-0.2, 0) is 52.6 Å². The summed E-state index contributed by atoms with van der Waals surface area (Å²) in [5.74, 6) is -18.0. The van der Waals surface area contributed by atoms with E-state index in [-0.39, 0.29) is 30.1 Å². The van der Waals surface area contributed by atoms with Gasteiger partial charge in [-0.25, -0.2) is 4.79 Å². The smallest absolute Gasteiger partial charge is 0.330 e. The number of amides is 7. The van der Waals surface area contributed by atoms with Gasteiger partial charge in [-0.05, 0) is 98.5 Å². The molecule has 18 atom stereocenters. The molecular formula is C66H75Cl2N9O25. The largest absolute Gasteiger partial charge is 0.508 e. The summed E-state index contributed by atoms with van der Waals surface area (Å²) >= 11 is 14.1. The minimum Gasteiger partial charge on any atom is -0.508 e. The zero-order chi connectivity index (χ0) is 74.4. The maximum Gasteiger partial charge on any atom is 0.330 e. The Morgan fingerprint density at radius 1 is 0.706 bits per heavy atom. The van der Waals surface area contributed by atoms with Gasteiger partial charge in [0.05, 0.1) is 41.3 Å². The summed E-state index contributed by atoms with van der Waals surface area (Å²) in [7, 11) is 1.46. The second kappa shape index (κ2) is 30.3. The number of carbonyl (C=O) groups is 8. The summed E-state index contributed by atoms with van der Waals surface area (Å²) < 4.78 is 38.1. The number of aromatic hydroxyl groups is 4. The van der Waals surface area contributed by atoms with Crippen molar-refractivity contribution in [3.63, 3.8) is 0 Å². The lowest BCUT2D eigenvalue weighted by molar-refractivity contribution is -0.333. The number of hydrogen-bond acceptors (Lipinski definition) is 26. The van der Waals surface area contributed by atoms with Gasteiger partial charge in [0.1, 0.15) is 95.2 Å². The van der Waals surface area contributed by atoms with Crippen LogP contribution in [0.3, 0.4) is 0 Å². The molecule has 0 aromatic heterocycles. The van der Waals surface area contributed by atoms with Gasteiger partial charge in [0, 0.05) is 46.3 Å².